The second-order valence-electron chi connectivity index (χ2n) is 6.73. The second-order valence-corrected chi connectivity index (χ2v) is 7.69. The number of nitrogens with zero attached hydrogens (tertiary/aromatic N) is 1. The summed E-state index contributed by atoms with van der Waals surface area (Å²) < 4.78 is 19.9. The van der Waals surface area contributed by atoms with E-state index in [1.54, 1.807) is 20.8 Å². The van der Waals surface area contributed by atoms with E-state index in [1.165, 1.54) is 0 Å². The fourth-order valence-corrected chi connectivity index (χ4v) is 2.41. The standard InChI is InChI=1S/C16H28N2O7S/c1-16(2,3)14(20)24-11-25-15(21)26-10-12(17)13(19)23-9-6-18-4-7-22-8-5-18/h12H,4-11,17H2,1-3H3/t12-/m0/s1. The first kappa shape index (κ1) is 22.7. The number of hydrogen-bond donors (Lipinski definition) is 1. The molecule has 1 rings (SSSR count). The smallest absolute Gasteiger partial charge is 0.370 e. The molecule has 0 aliphatic carbocycles. The number of carbonyl (C=O) groups excluding carboxylic acids is 3. The van der Waals surface area contributed by atoms with Crippen molar-refractivity contribution in [3.63, 3.8) is 0 Å². The van der Waals surface area contributed by atoms with Gasteiger partial charge in [0.15, 0.2) is 0 Å². The Balaban J connectivity index is 2.11. The molecule has 2 N–H and O–H groups in total. The van der Waals surface area contributed by atoms with Gasteiger partial charge in [-0.15, -0.1) is 0 Å². The first-order valence-electron chi connectivity index (χ1n) is 8.39. The molecule has 1 saturated heterocycles. The summed E-state index contributed by atoms with van der Waals surface area (Å²) in [7, 11) is 0. The summed E-state index contributed by atoms with van der Waals surface area (Å²) in [5.41, 5.74) is 5.02. The van der Waals surface area contributed by atoms with E-state index in [0.717, 1.165) is 24.9 Å². The Morgan fingerprint density at radius 1 is 1.15 bits per heavy atom. The lowest BCUT2D eigenvalue weighted by Gasteiger charge is -2.26. The predicted octanol–water partition coefficient (Wildman–Crippen LogP) is 0.606. The lowest BCUT2D eigenvalue weighted by molar-refractivity contribution is -0.160. The highest BCUT2D eigenvalue weighted by atomic mass is 32.2. The summed E-state index contributed by atoms with van der Waals surface area (Å²) in [6, 6.07) is -0.936. The highest BCUT2D eigenvalue weighted by Gasteiger charge is 2.24. The summed E-state index contributed by atoms with van der Waals surface area (Å²) in [6.07, 6.45) is 0. The van der Waals surface area contributed by atoms with Crippen LogP contribution in [-0.4, -0.2) is 80.2 Å². The van der Waals surface area contributed by atoms with Crippen molar-refractivity contribution in [3.05, 3.63) is 0 Å². The van der Waals surface area contributed by atoms with Crippen molar-refractivity contribution in [2.45, 2.75) is 26.8 Å². The van der Waals surface area contributed by atoms with Crippen LogP contribution in [0.15, 0.2) is 0 Å². The van der Waals surface area contributed by atoms with Gasteiger partial charge in [-0.05, 0) is 32.5 Å². The number of rotatable bonds is 8. The summed E-state index contributed by atoms with van der Waals surface area (Å²) in [4.78, 5) is 37.0. The molecule has 0 radical (unpaired) electrons. The maximum Gasteiger partial charge on any atom is 0.370 e. The Kier molecular flexibility index (Phi) is 9.92. The molecule has 0 aromatic carbocycles. The Morgan fingerprint density at radius 3 is 2.42 bits per heavy atom. The molecule has 26 heavy (non-hydrogen) atoms. The van der Waals surface area contributed by atoms with Crippen molar-refractivity contribution >= 4 is 29.0 Å². The quantitative estimate of drug-likeness (QED) is 0.465. The molecule has 0 bridgehead atoms. The van der Waals surface area contributed by atoms with Crippen LogP contribution in [0.3, 0.4) is 0 Å². The zero-order valence-electron chi connectivity index (χ0n) is 15.5. The third kappa shape index (κ3) is 9.37. The maximum atomic E-state index is 11.8. The Labute approximate surface area is 157 Å². The molecule has 1 atom stereocenters. The van der Waals surface area contributed by atoms with Gasteiger partial charge in [0.25, 0.3) is 0 Å². The first-order chi connectivity index (χ1) is 12.2. The fraction of sp³-hybridized carbons (Fsp3) is 0.812. The van der Waals surface area contributed by atoms with E-state index >= 15 is 0 Å². The highest BCUT2D eigenvalue weighted by Crippen LogP contribution is 2.15. The van der Waals surface area contributed by atoms with Crippen LogP contribution < -0.4 is 5.73 Å². The van der Waals surface area contributed by atoms with Crippen molar-refractivity contribution in [2.75, 3.05) is 52.0 Å². The van der Waals surface area contributed by atoms with Gasteiger partial charge < -0.3 is 24.7 Å². The van der Waals surface area contributed by atoms with Gasteiger partial charge in [0.05, 0.1) is 18.6 Å². The van der Waals surface area contributed by atoms with Crippen LogP contribution in [0.2, 0.25) is 0 Å². The summed E-state index contributed by atoms with van der Waals surface area (Å²) in [6.45, 7) is 8.44. The predicted molar refractivity (Wildman–Crippen MR) is 95.5 cm³/mol. The first-order valence-corrected chi connectivity index (χ1v) is 9.38. The second kappa shape index (κ2) is 11.4. The van der Waals surface area contributed by atoms with Gasteiger partial charge in [-0.3, -0.25) is 14.5 Å². The molecule has 10 heteroatoms. The van der Waals surface area contributed by atoms with Crippen molar-refractivity contribution in [1.29, 1.82) is 0 Å². The molecular weight excluding hydrogens is 364 g/mol. The van der Waals surface area contributed by atoms with Crippen LogP contribution in [0.25, 0.3) is 0 Å². The molecule has 1 aliphatic rings. The zero-order valence-corrected chi connectivity index (χ0v) is 16.3. The number of thioether (sulfide) groups is 1. The summed E-state index contributed by atoms with van der Waals surface area (Å²) in [5, 5.41) is -0.678. The fourth-order valence-electron chi connectivity index (χ4n) is 1.82. The minimum atomic E-state index is -0.936. The van der Waals surface area contributed by atoms with Crippen molar-refractivity contribution < 1.29 is 33.3 Å². The molecule has 1 fully saturated rings. The summed E-state index contributed by atoms with van der Waals surface area (Å²) >= 11 is 0.728. The molecule has 0 saturated carbocycles. The van der Waals surface area contributed by atoms with E-state index < -0.39 is 35.5 Å². The van der Waals surface area contributed by atoms with Crippen LogP contribution >= 0.6 is 11.8 Å². The number of nitrogens with two attached hydrogens (primary N) is 1. The third-order valence-corrected chi connectivity index (χ3v) is 4.30. The topological polar surface area (TPSA) is 117 Å². The third-order valence-electron chi connectivity index (χ3n) is 3.42. The summed E-state index contributed by atoms with van der Waals surface area (Å²) in [5.74, 6) is -1.03. The lowest BCUT2D eigenvalue weighted by atomic mass is 9.98. The van der Waals surface area contributed by atoms with Crippen molar-refractivity contribution in [2.24, 2.45) is 11.1 Å². The van der Waals surface area contributed by atoms with Gasteiger partial charge in [-0.25, -0.2) is 4.79 Å². The van der Waals surface area contributed by atoms with Crippen LogP contribution in [0.1, 0.15) is 20.8 Å². The number of carbonyl (C=O) groups is 3. The van der Waals surface area contributed by atoms with Gasteiger partial charge in [0.1, 0.15) is 12.6 Å². The van der Waals surface area contributed by atoms with Crippen LogP contribution in [0, 0.1) is 5.41 Å². The van der Waals surface area contributed by atoms with Gasteiger partial charge in [0.2, 0.25) is 6.79 Å². The van der Waals surface area contributed by atoms with Gasteiger partial charge in [0, 0.05) is 25.4 Å². The minimum Gasteiger partial charge on any atom is -0.463 e. The maximum absolute atomic E-state index is 11.8. The van der Waals surface area contributed by atoms with E-state index in [4.69, 9.17) is 24.7 Å². The molecule has 0 amide bonds. The van der Waals surface area contributed by atoms with Crippen LogP contribution in [0.4, 0.5) is 4.79 Å². The molecule has 0 unspecified atom stereocenters. The Hall–Kier alpha value is -1.36. The van der Waals surface area contributed by atoms with Crippen molar-refractivity contribution in [3.8, 4) is 0 Å². The monoisotopic (exact) mass is 392 g/mol. The number of morpholine rings is 1. The average molecular weight is 392 g/mol. The van der Waals surface area contributed by atoms with Crippen LogP contribution in [-0.2, 0) is 28.5 Å². The van der Waals surface area contributed by atoms with E-state index in [-0.39, 0.29) is 12.4 Å². The van der Waals surface area contributed by atoms with E-state index in [9.17, 15) is 14.4 Å². The molecule has 1 aliphatic heterocycles. The van der Waals surface area contributed by atoms with E-state index in [0.29, 0.717) is 19.8 Å². The minimum absolute atomic E-state index is 0.0163. The van der Waals surface area contributed by atoms with Gasteiger partial charge >= 0.3 is 17.2 Å². The molecule has 0 aromatic rings. The Bertz CT molecular complexity index is 476. The lowest BCUT2D eigenvalue weighted by Crippen LogP contribution is -2.40. The SMILES string of the molecule is CC(C)(C)C(=O)OCOC(=O)SC[C@H](N)C(=O)OCCN1CCOCC1. The molecule has 9 nitrogen and oxygen atoms in total. The number of hydrogen-bond acceptors (Lipinski definition) is 10. The van der Waals surface area contributed by atoms with Crippen molar-refractivity contribution in [1.82, 2.24) is 4.90 Å². The zero-order chi connectivity index (χ0) is 19.6. The molecular formula is C16H28N2O7S. The van der Waals surface area contributed by atoms with Crippen LogP contribution in [0.5, 0.6) is 0 Å². The average Bonchev–Trinajstić information content (AvgIpc) is 2.59. The number of ether oxygens (including phenoxy) is 4. The highest BCUT2D eigenvalue weighted by molar-refractivity contribution is 8.13. The van der Waals surface area contributed by atoms with Gasteiger partial charge in [-0.2, -0.15) is 0 Å². The van der Waals surface area contributed by atoms with E-state index in [2.05, 4.69) is 4.90 Å². The normalized spacial score (nSPS) is 16.6. The Morgan fingerprint density at radius 2 is 1.81 bits per heavy atom. The van der Waals surface area contributed by atoms with E-state index in [1.807, 2.05) is 0 Å². The molecule has 0 spiro atoms. The largest absolute Gasteiger partial charge is 0.463 e. The molecule has 0 aromatic heterocycles. The van der Waals surface area contributed by atoms with Gasteiger partial charge in [-0.1, -0.05) is 0 Å². The molecule has 150 valence electrons. The number of esters is 2. The molecule has 1 heterocycles.